The lowest BCUT2D eigenvalue weighted by Gasteiger charge is -2.48. The molecule has 2 saturated heterocycles. The number of carbonyl (C=O) groups excluding carboxylic acids is 2. The number of rotatable bonds is 3. The third-order valence-corrected chi connectivity index (χ3v) is 6.47. The van der Waals surface area contributed by atoms with E-state index < -0.39 is 21.4 Å². The minimum Gasteiger partial charge on any atom is -0.340 e. The van der Waals surface area contributed by atoms with E-state index in [0.29, 0.717) is 25.7 Å². The van der Waals surface area contributed by atoms with Gasteiger partial charge < -0.3 is 10.2 Å². The number of hydrogen-bond donors (Lipinski definition) is 1. The smallest absolute Gasteiger partial charge is 0.248 e. The first-order chi connectivity index (χ1) is 9.74. The molecule has 2 heterocycles. The van der Waals surface area contributed by atoms with Crippen LogP contribution in [-0.4, -0.2) is 54.3 Å². The molecule has 2 fully saturated rings. The quantitative estimate of drug-likeness (QED) is 0.820. The molecule has 0 radical (unpaired) electrons. The van der Waals surface area contributed by atoms with Crippen molar-refractivity contribution >= 4 is 21.7 Å². The maximum absolute atomic E-state index is 12.8. The third kappa shape index (κ3) is 2.93. The summed E-state index contributed by atoms with van der Waals surface area (Å²) in [4.78, 5) is 26.7. The van der Waals surface area contributed by atoms with Crippen LogP contribution in [0.4, 0.5) is 0 Å². The van der Waals surface area contributed by atoms with Gasteiger partial charge >= 0.3 is 0 Å². The molecule has 6 nitrogen and oxygen atoms in total. The Morgan fingerprint density at radius 3 is 2.52 bits per heavy atom. The van der Waals surface area contributed by atoms with Gasteiger partial charge in [-0.25, -0.2) is 8.42 Å². The monoisotopic (exact) mass is 316 g/mol. The summed E-state index contributed by atoms with van der Waals surface area (Å²) in [6.45, 7) is 5.40. The van der Waals surface area contributed by atoms with Crippen LogP contribution in [0.15, 0.2) is 0 Å². The molecule has 0 saturated carbocycles. The zero-order chi connectivity index (χ0) is 15.8. The highest BCUT2D eigenvalue weighted by Crippen LogP contribution is 2.29. The Balaban J connectivity index is 2.36. The normalized spacial score (nSPS) is 36.4. The fourth-order valence-corrected chi connectivity index (χ4v) is 4.91. The van der Waals surface area contributed by atoms with Crippen LogP contribution in [0.3, 0.4) is 0 Å². The summed E-state index contributed by atoms with van der Waals surface area (Å²) < 4.78 is 23.8. The van der Waals surface area contributed by atoms with Crippen molar-refractivity contribution in [1.82, 2.24) is 10.2 Å². The number of nitrogens with one attached hydrogen (secondary N) is 1. The topological polar surface area (TPSA) is 83.6 Å². The van der Waals surface area contributed by atoms with Gasteiger partial charge in [0.05, 0.1) is 11.5 Å². The Kier molecular flexibility index (Phi) is 4.33. The van der Waals surface area contributed by atoms with Crippen LogP contribution in [0.1, 0.15) is 46.5 Å². The van der Waals surface area contributed by atoms with Crippen LogP contribution in [0.25, 0.3) is 0 Å². The van der Waals surface area contributed by atoms with Gasteiger partial charge in [0.15, 0.2) is 9.84 Å². The Bertz CT molecular complexity index is 545. The second-order valence-corrected chi connectivity index (χ2v) is 8.45. The van der Waals surface area contributed by atoms with Crippen molar-refractivity contribution in [1.29, 1.82) is 0 Å². The fraction of sp³-hybridized carbons (Fsp3) is 0.857. The molecule has 120 valence electrons. The molecule has 3 unspecified atom stereocenters. The first-order valence-corrected chi connectivity index (χ1v) is 9.41. The first-order valence-electron chi connectivity index (χ1n) is 7.59. The van der Waals surface area contributed by atoms with Gasteiger partial charge in [0.2, 0.25) is 11.8 Å². The van der Waals surface area contributed by atoms with E-state index in [2.05, 4.69) is 5.32 Å². The van der Waals surface area contributed by atoms with Crippen LogP contribution in [0.5, 0.6) is 0 Å². The molecular weight excluding hydrogens is 292 g/mol. The molecule has 3 atom stereocenters. The van der Waals surface area contributed by atoms with Crippen molar-refractivity contribution in [3.8, 4) is 0 Å². The van der Waals surface area contributed by atoms with Crippen molar-refractivity contribution in [3.63, 3.8) is 0 Å². The van der Waals surface area contributed by atoms with Gasteiger partial charge in [0.1, 0.15) is 11.6 Å². The van der Waals surface area contributed by atoms with E-state index in [1.54, 1.807) is 11.8 Å². The van der Waals surface area contributed by atoms with E-state index in [0.717, 1.165) is 0 Å². The molecule has 0 bridgehead atoms. The average molecular weight is 316 g/mol. The molecule has 0 aromatic carbocycles. The van der Waals surface area contributed by atoms with Gasteiger partial charge in [-0.3, -0.25) is 9.59 Å². The van der Waals surface area contributed by atoms with Crippen LogP contribution < -0.4 is 5.32 Å². The molecular formula is C14H24N2O4S. The van der Waals surface area contributed by atoms with E-state index >= 15 is 0 Å². The average Bonchev–Trinajstić information content (AvgIpc) is 2.41. The van der Waals surface area contributed by atoms with Gasteiger partial charge in [0, 0.05) is 6.04 Å². The van der Waals surface area contributed by atoms with Gasteiger partial charge in [-0.2, -0.15) is 0 Å². The fourth-order valence-electron chi connectivity index (χ4n) is 3.22. The Hall–Kier alpha value is -1.11. The van der Waals surface area contributed by atoms with Crippen LogP contribution in [0, 0.1) is 0 Å². The minimum atomic E-state index is -3.12. The lowest BCUT2D eigenvalue weighted by molar-refractivity contribution is -0.157. The number of hydrogen-bond acceptors (Lipinski definition) is 4. The summed E-state index contributed by atoms with van der Waals surface area (Å²) in [5.74, 6) is -0.176. The summed E-state index contributed by atoms with van der Waals surface area (Å²) in [7, 11) is -3.12. The number of piperazine rings is 1. The second kappa shape index (κ2) is 5.59. The molecule has 2 amide bonds. The zero-order valence-electron chi connectivity index (χ0n) is 12.9. The predicted molar refractivity (Wildman–Crippen MR) is 79.4 cm³/mol. The Morgan fingerprint density at radius 2 is 2.00 bits per heavy atom. The Labute approximate surface area is 126 Å². The van der Waals surface area contributed by atoms with Crippen LogP contribution >= 0.6 is 0 Å². The standard InChI is InChI=1S/C14H24N2O4S/c1-4-11-12(17)15-14(3,5-2)13(18)16(11)10-7-6-8-21(19,20)9-10/h10-11H,4-9H2,1-3H3,(H,15,17). The molecule has 0 aromatic heterocycles. The van der Waals surface area contributed by atoms with Crippen molar-refractivity contribution in [2.75, 3.05) is 11.5 Å². The number of nitrogens with zero attached hydrogens (tertiary/aromatic N) is 1. The summed E-state index contributed by atoms with van der Waals surface area (Å²) in [5, 5.41) is 2.80. The molecule has 7 heteroatoms. The summed E-state index contributed by atoms with van der Waals surface area (Å²) in [6.07, 6.45) is 2.18. The van der Waals surface area contributed by atoms with Crippen LogP contribution in [-0.2, 0) is 19.4 Å². The van der Waals surface area contributed by atoms with Gasteiger partial charge in [0.25, 0.3) is 0 Å². The van der Waals surface area contributed by atoms with Crippen molar-refractivity contribution < 1.29 is 18.0 Å². The minimum absolute atomic E-state index is 0.0255. The van der Waals surface area contributed by atoms with E-state index in [9.17, 15) is 18.0 Å². The number of amides is 2. The van der Waals surface area contributed by atoms with Crippen molar-refractivity contribution in [2.24, 2.45) is 0 Å². The number of carbonyl (C=O) groups is 2. The molecule has 0 spiro atoms. The lowest BCUT2D eigenvalue weighted by atomic mass is 9.89. The van der Waals surface area contributed by atoms with Crippen molar-refractivity contribution in [3.05, 3.63) is 0 Å². The first kappa shape index (κ1) is 16.3. The Morgan fingerprint density at radius 1 is 1.33 bits per heavy atom. The molecule has 0 aromatic rings. The van der Waals surface area contributed by atoms with Gasteiger partial charge in [-0.05, 0) is 32.6 Å². The van der Waals surface area contributed by atoms with E-state index in [1.165, 1.54) is 0 Å². The van der Waals surface area contributed by atoms with Crippen molar-refractivity contribution in [2.45, 2.75) is 64.1 Å². The SMILES string of the molecule is CCC1C(=O)NC(C)(CC)C(=O)N1C1CCCS(=O)(=O)C1. The summed E-state index contributed by atoms with van der Waals surface area (Å²) in [5.41, 5.74) is -0.927. The zero-order valence-corrected chi connectivity index (χ0v) is 13.7. The molecule has 2 rings (SSSR count). The maximum atomic E-state index is 12.8. The molecule has 0 aliphatic carbocycles. The summed E-state index contributed by atoms with van der Waals surface area (Å²) in [6, 6.07) is -0.937. The summed E-state index contributed by atoms with van der Waals surface area (Å²) >= 11 is 0. The molecule has 1 N–H and O–H groups in total. The van der Waals surface area contributed by atoms with Crippen LogP contribution in [0.2, 0.25) is 0 Å². The lowest BCUT2D eigenvalue weighted by Crippen LogP contribution is -2.71. The van der Waals surface area contributed by atoms with E-state index in [4.69, 9.17) is 0 Å². The van der Waals surface area contributed by atoms with Gasteiger partial charge in [-0.1, -0.05) is 13.8 Å². The maximum Gasteiger partial charge on any atom is 0.248 e. The second-order valence-electron chi connectivity index (χ2n) is 6.22. The van der Waals surface area contributed by atoms with Gasteiger partial charge in [-0.15, -0.1) is 0 Å². The largest absolute Gasteiger partial charge is 0.340 e. The number of sulfone groups is 1. The highest BCUT2D eigenvalue weighted by atomic mass is 32.2. The molecule has 21 heavy (non-hydrogen) atoms. The molecule has 2 aliphatic rings. The van der Waals surface area contributed by atoms with E-state index in [1.807, 2.05) is 13.8 Å². The highest BCUT2D eigenvalue weighted by Gasteiger charge is 2.49. The predicted octanol–water partition coefficient (Wildman–Crippen LogP) is 0.469. The molecule has 2 aliphatic heterocycles. The highest BCUT2D eigenvalue weighted by molar-refractivity contribution is 7.91. The third-order valence-electron chi connectivity index (χ3n) is 4.67. The van der Waals surface area contributed by atoms with E-state index in [-0.39, 0.29) is 29.4 Å².